The van der Waals surface area contributed by atoms with Crippen LogP contribution in [0.2, 0.25) is 24.2 Å². The van der Waals surface area contributed by atoms with Crippen molar-refractivity contribution in [1.82, 2.24) is 0 Å². The summed E-state index contributed by atoms with van der Waals surface area (Å²) in [5.74, 6) is 0. The van der Waals surface area contributed by atoms with Crippen molar-refractivity contribution >= 4 is 8.07 Å². The highest BCUT2D eigenvalue weighted by Crippen LogP contribution is 2.31. The van der Waals surface area contributed by atoms with E-state index in [4.69, 9.17) is 5.11 Å². The first-order chi connectivity index (χ1) is 7.24. The third kappa shape index (κ3) is 6.36. The van der Waals surface area contributed by atoms with Crippen LogP contribution in [0, 0.1) is 0 Å². The van der Waals surface area contributed by atoms with Crippen molar-refractivity contribution in [1.29, 1.82) is 0 Å². The van der Waals surface area contributed by atoms with Gasteiger partial charge in [0.15, 0.2) is 0 Å². The van der Waals surface area contributed by atoms with Gasteiger partial charge in [-0.15, -0.1) is 0 Å². The van der Waals surface area contributed by atoms with Gasteiger partial charge in [0.25, 0.3) is 0 Å². The first-order valence-electron chi connectivity index (χ1n) is 6.85. The molecular weight excluding hydrogens is 200 g/mol. The number of hydrogen-bond donors (Lipinski definition) is 1. The second-order valence-electron chi connectivity index (χ2n) is 4.93. The molecule has 0 rings (SSSR count). The SMILES string of the molecule is CCC[Si](CCC)(CCC)CCCCO. The molecule has 0 atom stereocenters. The third-order valence-electron chi connectivity index (χ3n) is 3.46. The summed E-state index contributed by atoms with van der Waals surface area (Å²) in [5, 5.41) is 8.87. The zero-order valence-electron chi connectivity index (χ0n) is 11.0. The smallest absolute Gasteiger partial charge is 0.0535 e. The van der Waals surface area contributed by atoms with Crippen molar-refractivity contribution < 1.29 is 5.11 Å². The molecule has 0 radical (unpaired) electrons. The maximum absolute atomic E-state index is 8.87. The molecule has 0 amide bonds. The first-order valence-corrected chi connectivity index (χ1v) is 9.68. The van der Waals surface area contributed by atoms with Crippen LogP contribution in [0.1, 0.15) is 52.9 Å². The predicted octanol–water partition coefficient (Wildman–Crippen LogP) is 4.44. The Labute approximate surface area is 97.3 Å². The molecule has 0 aliphatic heterocycles. The van der Waals surface area contributed by atoms with Crippen LogP contribution in [0.25, 0.3) is 0 Å². The van der Waals surface area contributed by atoms with Gasteiger partial charge in [-0.05, 0) is 6.42 Å². The molecule has 1 nitrogen and oxygen atoms in total. The Morgan fingerprint density at radius 2 is 1.20 bits per heavy atom. The van der Waals surface area contributed by atoms with Crippen LogP contribution >= 0.6 is 0 Å². The molecule has 0 aromatic heterocycles. The summed E-state index contributed by atoms with van der Waals surface area (Å²) in [6, 6.07) is 6.00. The van der Waals surface area contributed by atoms with Gasteiger partial charge in [-0.1, -0.05) is 70.6 Å². The predicted molar refractivity (Wildman–Crippen MR) is 72.2 cm³/mol. The first kappa shape index (κ1) is 15.2. The number of aliphatic hydroxyl groups is 1. The van der Waals surface area contributed by atoms with Gasteiger partial charge in [0.05, 0.1) is 8.07 Å². The minimum Gasteiger partial charge on any atom is -0.396 e. The number of unbranched alkanes of at least 4 members (excludes halogenated alkanes) is 1. The van der Waals surface area contributed by atoms with Crippen LogP contribution in [-0.2, 0) is 0 Å². The number of hydrogen-bond acceptors (Lipinski definition) is 1. The lowest BCUT2D eigenvalue weighted by Crippen LogP contribution is -2.33. The summed E-state index contributed by atoms with van der Waals surface area (Å²) >= 11 is 0. The zero-order chi connectivity index (χ0) is 11.6. The van der Waals surface area contributed by atoms with Gasteiger partial charge >= 0.3 is 0 Å². The van der Waals surface area contributed by atoms with E-state index in [0.29, 0.717) is 6.61 Å². The van der Waals surface area contributed by atoms with E-state index in [2.05, 4.69) is 20.8 Å². The lowest BCUT2D eigenvalue weighted by molar-refractivity contribution is 0.286. The summed E-state index contributed by atoms with van der Waals surface area (Å²) < 4.78 is 0. The molecular formula is C13H30OSi. The molecule has 0 fully saturated rings. The Hall–Kier alpha value is 0.177. The maximum atomic E-state index is 8.87. The highest BCUT2D eigenvalue weighted by molar-refractivity contribution is 6.79. The second kappa shape index (κ2) is 9.41. The summed E-state index contributed by atoms with van der Waals surface area (Å²) in [6.07, 6.45) is 6.39. The fourth-order valence-corrected chi connectivity index (χ4v) is 8.63. The summed E-state index contributed by atoms with van der Waals surface area (Å²) in [7, 11) is -0.944. The molecule has 0 aliphatic carbocycles. The van der Waals surface area contributed by atoms with Gasteiger partial charge in [0.1, 0.15) is 0 Å². The van der Waals surface area contributed by atoms with E-state index < -0.39 is 8.07 Å². The van der Waals surface area contributed by atoms with Crippen molar-refractivity contribution in [3.05, 3.63) is 0 Å². The van der Waals surface area contributed by atoms with Crippen LogP contribution in [0.4, 0.5) is 0 Å². The Morgan fingerprint density at radius 3 is 1.53 bits per heavy atom. The van der Waals surface area contributed by atoms with E-state index in [0.717, 1.165) is 6.42 Å². The molecule has 2 heteroatoms. The molecule has 15 heavy (non-hydrogen) atoms. The van der Waals surface area contributed by atoms with Crippen molar-refractivity contribution in [3.63, 3.8) is 0 Å². The van der Waals surface area contributed by atoms with Crippen molar-refractivity contribution in [2.45, 2.75) is 77.1 Å². The second-order valence-corrected chi connectivity index (χ2v) is 9.93. The van der Waals surface area contributed by atoms with Gasteiger partial charge in [-0.2, -0.15) is 0 Å². The fraction of sp³-hybridized carbons (Fsp3) is 1.00. The van der Waals surface area contributed by atoms with Crippen molar-refractivity contribution in [3.8, 4) is 0 Å². The van der Waals surface area contributed by atoms with Gasteiger partial charge in [-0.25, -0.2) is 0 Å². The fourth-order valence-electron chi connectivity index (χ4n) is 2.95. The van der Waals surface area contributed by atoms with Crippen LogP contribution in [0.3, 0.4) is 0 Å². The topological polar surface area (TPSA) is 20.2 Å². The Bertz CT molecular complexity index is 119. The van der Waals surface area contributed by atoms with E-state index in [9.17, 15) is 0 Å². The van der Waals surface area contributed by atoms with E-state index in [-0.39, 0.29) is 0 Å². The molecule has 0 aromatic carbocycles. The van der Waals surface area contributed by atoms with Crippen LogP contribution < -0.4 is 0 Å². The molecule has 0 unspecified atom stereocenters. The van der Waals surface area contributed by atoms with E-state index in [1.807, 2.05) is 0 Å². The number of aliphatic hydroxyl groups excluding tert-OH is 1. The average molecular weight is 230 g/mol. The molecule has 0 saturated carbocycles. The van der Waals surface area contributed by atoms with E-state index >= 15 is 0 Å². The highest BCUT2D eigenvalue weighted by atomic mass is 28.3. The molecule has 0 aliphatic rings. The normalized spacial score (nSPS) is 12.0. The quantitative estimate of drug-likeness (QED) is 0.434. The van der Waals surface area contributed by atoms with Gasteiger partial charge < -0.3 is 5.11 Å². The van der Waals surface area contributed by atoms with Crippen molar-refractivity contribution in [2.75, 3.05) is 6.61 Å². The van der Waals surface area contributed by atoms with Crippen molar-refractivity contribution in [2.24, 2.45) is 0 Å². The molecule has 92 valence electrons. The average Bonchev–Trinajstić information content (AvgIpc) is 2.19. The highest BCUT2D eigenvalue weighted by Gasteiger charge is 2.28. The summed E-state index contributed by atoms with van der Waals surface area (Å²) in [6.45, 7) is 7.38. The van der Waals surface area contributed by atoms with Crippen LogP contribution in [-0.4, -0.2) is 19.8 Å². The Morgan fingerprint density at radius 1 is 0.733 bits per heavy atom. The minimum atomic E-state index is -0.944. The van der Waals surface area contributed by atoms with E-state index in [1.165, 1.54) is 49.9 Å². The lowest BCUT2D eigenvalue weighted by Gasteiger charge is -2.31. The molecule has 0 heterocycles. The Kier molecular flexibility index (Phi) is 9.52. The molecule has 0 spiro atoms. The van der Waals surface area contributed by atoms with E-state index in [1.54, 1.807) is 0 Å². The molecule has 0 bridgehead atoms. The Balaban J connectivity index is 4.18. The molecule has 0 saturated heterocycles. The van der Waals surface area contributed by atoms with Gasteiger partial charge in [0.2, 0.25) is 0 Å². The maximum Gasteiger partial charge on any atom is 0.0535 e. The largest absolute Gasteiger partial charge is 0.396 e. The summed E-state index contributed by atoms with van der Waals surface area (Å²) in [5.41, 5.74) is 0. The third-order valence-corrected chi connectivity index (χ3v) is 9.55. The van der Waals surface area contributed by atoms with Crippen LogP contribution in [0.15, 0.2) is 0 Å². The van der Waals surface area contributed by atoms with Gasteiger partial charge in [0, 0.05) is 6.61 Å². The minimum absolute atomic E-state index is 0.384. The summed E-state index contributed by atoms with van der Waals surface area (Å²) in [4.78, 5) is 0. The van der Waals surface area contributed by atoms with Crippen LogP contribution in [0.5, 0.6) is 0 Å². The monoisotopic (exact) mass is 230 g/mol. The lowest BCUT2D eigenvalue weighted by atomic mass is 10.4. The van der Waals surface area contributed by atoms with Gasteiger partial charge in [-0.3, -0.25) is 0 Å². The molecule has 0 aromatic rings. The standard InChI is InChI=1S/C13H30OSi/c1-4-10-15(11-5-2,12-6-3)13-8-7-9-14/h14H,4-13H2,1-3H3. The zero-order valence-corrected chi connectivity index (χ0v) is 12.0. The molecule has 1 N–H and O–H groups in total. The number of rotatable bonds is 10.